The highest BCUT2D eigenvalue weighted by molar-refractivity contribution is 7.80. The number of carbonyl (C=O) groups excluding carboxylic acids is 1. The largest absolute Gasteiger partial charge is 0.463 e. The van der Waals surface area contributed by atoms with Crippen molar-refractivity contribution in [3.05, 3.63) is 42.6 Å². The second-order valence-corrected chi connectivity index (χ2v) is 10.7. The molecule has 0 unspecified atom stereocenters. The standard InChI is InChI=1S/C26H32N6O3S/c1-26(2,3)24(33)34-14-12-27-25(36)28-18-8-6-17(7-9-18)22-29-23(21-5-4-13-32(21)30-22)31-15-19-10-11-20(16-31)35-19/h4-9,13,19-20H,10-12,14-16H2,1-3H3,(H2,27,28,36)/t19-,20-/m0/s1. The van der Waals surface area contributed by atoms with Crippen molar-refractivity contribution >= 4 is 40.3 Å². The second kappa shape index (κ2) is 10.0. The number of fused-ring (bicyclic) bond motifs is 3. The molecule has 2 aliphatic heterocycles. The third-order valence-corrected chi connectivity index (χ3v) is 6.60. The number of hydrogen-bond acceptors (Lipinski definition) is 7. The first-order chi connectivity index (χ1) is 17.3. The van der Waals surface area contributed by atoms with Crippen molar-refractivity contribution < 1.29 is 14.3 Å². The number of hydrogen-bond donors (Lipinski definition) is 2. The van der Waals surface area contributed by atoms with E-state index in [2.05, 4.69) is 21.6 Å². The maximum absolute atomic E-state index is 11.8. The quantitative estimate of drug-likeness (QED) is 0.294. The summed E-state index contributed by atoms with van der Waals surface area (Å²) in [6.07, 6.45) is 4.75. The molecule has 190 valence electrons. The fourth-order valence-electron chi connectivity index (χ4n) is 4.46. The van der Waals surface area contributed by atoms with Gasteiger partial charge in [0.15, 0.2) is 16.8 Å². The van der Waals surface area contributed by atoms with Crippen molar-refractivity contribution in [2.75, 3.05) is 36.5 Å². The third-order valence-electron chi connectivity index (χ3n) is 6.35. The molecular formula is C26H32N6O3S. The van der Waals surface area contributed by atoms with Crippen LogP contribution in [0.15, 0.2) is 42.6 Å². The predicted molar refractivity (Wildman–Crippen MR) is 143 cm³/mol. The van der Waals surface area contributed by atoms with Crippen molar-refractivity contribution in [1.82, 2.24) is 19.9 Å². The number of anilines is 2. The minimum absolute atomic E-state index is 0.233. The number of nitrogens with zero attached hydrogens (tertiary/aromatic N) is 4. The molecule has 0 amide bonds. The number of nitrogens with one attached hydrogen (secondary N) is 2. The molecule has 2 atom stereocenters. The van der Waals surface area contributed by atoms with Gasteiger partial charge in [0.1, 0.15) is 12.1 Å². The van der Waals surface area contributed by atoms with E-state index in [1.165, 1.54) is 0 Å². The molecule has 0 aliphatic carbocycles. The molecule has 0 saturated carbocycles. The van der Waals surface area contributed by atoms with Crippen LogP contribution in [0.5, 0.6) is 0 Å². The van der Waals surface area contributed by atoms with E-state index in [0.29, 0.717) is 17.5 Å². The van der Waals surface area contributed by atoms with Gasteiger partial charge >= 0.3 is 5.97 Å². The van der Waals surface area contributed by atoms with Gasteiger partial charge in [-0.2, -0.15) is 0 Å². The molecule has 2 bridgehead atoms. The number of thiocarbonyl (C=S) groups is 1. The van der Waals surface area contributed by atoms with Crippen LogP contribution in [0.3, 0.4) is 0 Å². The number of ether oxygens (including phenoxy) is 2. The zero-order valence-electron chi connectivity index (χ0n) is 20.9. The lowest BCUT2D eigenvalue weighted by Gasteiger charge is -2.33. The van der Waals surface area contributed by atoms with Crippen molar-refractivity contribution in [2.24, 2.45) is 5.41 Å². The van der Waals surface area contributed by atoms with Crippen LogP contribution in [-0.4, -0.2) is 64.1 Å². The van der Waals surface area contributed by atoms with Crippen LogP contribution in [0.2, 0.25) is 0 Å². The molecule has 1 aromatic carbocycles. The smallest absolute Gasteiger partial charge is 0.311 e. The maximum Gasteiger partial charge on any atom is 0.311 e. The first-order valence-corrected chi connectivity index (χ1v) is 12.8. The van der Waals surface area contributed by atoms with E-state index >= 15 is 0 Å². The molecule has 9 nitrogen and oxygen atoms in total. The number of esters is 1. The molecule has 0 radical (unpaired) electrons. The summed E-state index contributed by atoms with van der Waals surface area (Å²) < 4.78 is 13.2. The average molecular weight is 509 g/mol. The third kappa shape index (κ3) is 5.44. The van der Waals surface area contributed by atoms with Gasteiger partial charge in [-0.1, -0.05) is 0 Å². The van der Waals surface area contributed by atoms with Gasteiger partial charge in [-0.05, 0) is 82.2 Å². The van der Waals surface area contributed by atoms with E-state index in [-0.39, 0.29) is 24.8 Å². The minimum atomic E-state index is -0.515. The van der Waals surface area contributed by atoms with Gasteiger partial charge in [-0.3, -0.25) is 4.79 Å². The Hall–Kier alpha value is -3.24. The summed E-state index contributed by atoms with van der Waals surface area (Å²) >= 11 is 5.36. The Morgan fingerprint density at radius 1 is 1.17 bits per heavy atom. The number of morpholine rings is 1. The Kier molecular flexibility index (Phi) is 6.81. The fraction of sp³-hybridized carbons (Fsp3) is 0.462. The monoisotopic (exact) mass is 508 g/mol. The summed E-state index contributed by atoms with van der Waals surface area (Å²) in [5.41, 5.74) is 2.25. The molecule has 10 heteroatoms. The summed E-state index contributed by atoms with van der Waals surface area (Å²) in [6, 6.07) is 11.9. The summed E-state index contributed by atoms with van der Waals surface area (Å²) in [4.78, 5) is 19.1. The Morgan fingerprint density at radius 3 is 2.58 bits per heavy atom. The molecule has 4 heterocycles. The first kappa shape index (κ1) is 24.5. The minimum Gasteiger partial charge on any atom is -0.463 e. The molecule has 3 aromatic rings. The fourth-order valence-corrected chi connectivity index (χ4v) is 4.68. The van der Waals surface area contributed by atoms with E-state index in [1.807, 2.05) is 61.8 Å². The lowest BCUT2D eigenvalue weighted by Crippen LogP contribution is -2.43. The number of aromatic nitrogens is 3. The maximum atomic E-state index is 11.8. The van der Waals surface area contributed by atoms with Gasteiger partial charge < -0.3 is 25.0 Å². The van der Waals surface area contributed by atoms with E-state index in [1.54, 1.807) is 0 Å². The number of benzene rings is 1. The van der Waals surface area contributed by atoms with Crippen molar-refractivity contribution in [1.29, 1.82) is 0 Å². The van der Waals surface area contributed by atoms with Crippen LogP contribution in [0, 0.1) is 5.41 Å². The van der Waals surface area contributed by atoms with Crippen LogP contribution in [-0.2, 0) is 14.3 Å². The predicted octanol–water partition coefficient (Wildman–Crippen LogP) is 3.64. The molecule has 2 aromatic heterocycles. The highest BCUT2D eigenvalue weighted by atomic mass is 32.1. The molecule has 0 spiro atoms. The molecule has 5 rings (SSSR count). The van der Waals surface area contributed by atoms with E-state index in [0.717, 1.165) is 48.5 Å². The zero-order chi connectivity index (χ0) is 25.3. The Bertz CT molecular complexity index is 1240. The normalized spacial score (nSPS) is 19.4. The van der Waals surface area contributed by atoms with Gasteiger partial charge in [0.05, 0.1) is 24.2 Å². The van der Waals surface area contributed by atoms with Gasteiger partial charge in [0.25, 0.3) is 0 Å². The van der Waals surface area contributed by atoms with Crippen LogP contribution in [0.1, 0.15) is 33.6 Å². The van der Waals surface area contributed by atoms with Gasteiger partial charge in [0, 0.05) is 30.5 Å². The number of rotatable bonds is 6. The van der Waals surface area contributed by atoms with Crippen LogP contribution in [0.25, 0.3) is 16.9 Å². The number of carbonyl (C=O) groups is 1. The Labute approximate surface area is 216 Å². The molecule has 2 saturated heterocycles. The second-order valence-electron chi connectivity index (χ2n) is 10.3. The lowest BCUT2D eigenvalue weighted by atomic mass is 9.97. The van der Waals surface area contributed by atoms with Crippen molar-refractivity contribution in [2.45, 2.75) is 45.8 Å². The summed E-state index contributed by atoms with van der Waals surface area (Å²) in [5.74, 6) is 1.38. The van der Waals surface area contributed by atoms with Crippen LogP contribution >= 0.6 is 12.2 Å². The van der Waals surface area contributed by atoms with Crippen molar-refractivity contribution in [3.8, 4) is 11.4 Å². The van der Waals surface area contributed by atoms with E-state index in [9.17, 15) is 4.79 Å². The lowest BCUT2D eigenvalue weighted by molar-refractivity contribution is -0.152. The molecule has 2 fully saturated rings. The summed E-state index contributed by atoms with van der Waals surface area (Å²) in [5, 5.41) is 11.4. The van der Waals surface area contributed by atoms with Crippen LogP contribution in [0.4, 0.5) is 11.5 Å². The molecule has 2 N–H and O–H groups in total. The van der Waals surface area contributed by atoms with Gasteiger partial charge in [-0.25, -0.2) is 9.50 Å². The first-order valence-electron chi connectivity index (χ1n) is 12.3. The topological polar surface area (TPSA) is 93.0 Å². The Balaban J connectivity index is 1.23. The molecule has 36 heavy (non-hydrogen) atoms. The SMILES string of the molecule is CC(C)(C)C(=O)OCCNC(=S)Nc1ccc(-c2nc(N3C[C@@H]4CC[C@@H](C3)O4)c3cccn3n2)cc1. The van der Waals surface area contributed by atoms with Crippen LogP contribution < -0.4 is 15.5 Å². The highest BCUT2D eigenvalue weighted by Gasteiger charge is 2.35. The van der Waals surface area contributed by atoms with E-state index in [4.69, 9.17) is 31.8 Å². The van der Waals surface area contributed by atoms with Gasteiger partial charge in [-0.15, -0.1) is 5.10 Å². The highest BCUT2D eigenvalue weighted by Crippen LogP contribution is 2.32. The van der Waals surface area contributed by atoms with Crippen molar-refractivity contribution in [3.63, 3.8) is 0 Å². The van der Waals surface area contributed by atoms with E-state index < -0.39 is 5.41 Å². The Morgan fingerprint density at radius 2 is 1.89 bits per heavy atom. The summed E-state index contributed by atoms with van der Waals surface area (Å²) in [6.45, 7) is 7.88. The molecule has 2 aliphatic rings. The van der Waals surface area contributed by atoms with Gasteiger partial charge in [0.2, 0.25) is 0 Å². The molecular weight excluding hydrogens is 476 g/mol. The summed E-state index contributed by atoms with van der Waals surface area (Å²) in [7, 11) is 0. The average Bonchev–Trinajstić information content (AvgIpc) is 3.46. The zero-order valence-corrected chi connectivity index (χ0v) is 21.7.